The first-order valence-electron chi connectivity index (χ1n) is 17.2. The van der Waals surface area contributed by atoms with E-state index >= 15 is 0 Å². The summed E-state index contributed by atoms with van der Waals surface area (Å²) in [6, 6.07) is 5.03. The molecule has 16 heteroatoms. The molecular weight excluding hydrogens is 682 g/mol. The molecule has 4 amide bonds. The normalized spacial score (nSPS) is 27.9. The van der Waals surface area contributed by atoms with Crippen LogP contribution in [0.2, 0.25) is 0 Å². The lowest BCUT2D eigenvalue weighted by Crippen LogP contribution is -2.58. The lowest BCUT2D eigenvalue weighted by atomic mass is 10.1. The first kappa shape index (κ1) is 36.4. The summed E-state index contributed by atoms with van der Waals surface area (Å²) >= 11 is 0. The number of carbonyl (C=O) groups excluding carboxylic acids is 4. The number of carbonyl (C=O) groups is 4. The number of methoxy groups -OCH3 is 1. The molecule has 0 bridgehead atoms. The fourth-order valence-electron chi connectivity index (χ4n) is 6.52. The molecule has 4 aliphatic rings. The zero-order valence-corrected chi connectivity index (χ0v) is 30.0. The number of nitrogens with zero attached hydrogens (tertiary/aromatic N) is 2. The highest BCUT2D eigenvalue weighted by atomic mass is 32.2. The Morgan fingerprint density at radius 3 is 2.65 bits per heavy atom. The number of benzene rings is 1. The molecule has 2 aliphatic carbocycles. The van der Waals surface area contributed by atoms with Crippen LogP contribution >= 0.6 is 0 Å². The van der Waals surface area contributed by atoms with Gasteiger partial charge < -0.3 is 34.5 Å². The molecule has 1 aromatic carbocycles. The van der Waals surface area contributed by atoms with Crippen molar-refractivity contribution in [2.24, 2.45) is 5.92 Å². The number of amides is 4. The van der Waals surface area contributed by atoms with Crippen LogP contribution in [-0.4, -0.2) is 104 Å². The van der Waals surface area contributed by atoms with Crippen molar-refractivity contribution in [2.45, 2.75) is 93.9 Å². The molecule has 6 rings (SSSR count). The van der Waals surface area contributed by atoms with Crippen LogP contribution in [0.25, 0.3) is 10.8 Å². The SMILES string of the molecule is COc1ccc2c(O[C@@H]3C[C@H]4C(=O)N[C@@]5(C(=O)NS(=O)(=O)C6CC6)C[C@H]5/C=C\COCCC[C@H](NC(=O)OC(C)(C)C)C(=O)N4C3)nccc2c1. The van der Waals surface area contributed by atoms with Gasteiger partial charge in [-0.05, 0) is 82.5 Å². The summed E-state index contributed by atoms with van der Waals surface area (Å²) in [5, 5.41) is 6.37. The molecule has 0 spiro atoms. The van der Waals surface area contributed by atoms with E-state index in [1.165, 1.54) is 4.90 Å². The van der Waals surface area contributed by atoms with Gasteiger partial charge in [-0.1, -0.05) is 12.2 Å². The van der Waals surface area contributed by atoms with Crippen molar-refractivity contribution in [2.75, 3.05) is 26.9 Å². The Kier molecular flexibility index (Phi) is 10.2. The summed E-state index contributed by atoms with van der Waals surface area (Å²) in [4.78, 5) is 60.9. The standard InChI is InChI=1S/C35H45N5O10S/c1-34(2,3)50-33(44)37-27-8-6-16-48-15-5-7-22-19-35(22,32(43)39-51(45,46)25-10-11-25)38-29(41)28-18-24(20-40(28)31(27)42)49-30-26-12-9-23(47-4)17-21(26)13-14-36-30/h5,7,9,12-14,17,22,24-25,27-28H,6,8,10-11,15-16,18-20H2,1-4H3,(H,37,44)(H,38,41)(H,39,43)/b7-5-/t22-,24-,27+,28+,35+/m1/s1. The van der Waals surface area contributed by atoms with Gasteiger partial charge in [0.05, 0.1) is 25.5 Å². The second-order valence-corrected chi connectivity index (χ2v) is 16.4. The first-order valence-corrected chi connectivity index (χ1v) is 18.8. The summed E-state index contributed by atoms with van der Waals surface area (Å²) in [6.07, 6.45) is 5.26. The number of nitrogens with one attached hydrogen (secondary N) is 3. The number of alkyl carbamates (subject to hydrolysis) is 1. The van der Waals surface area contributed by atoms with E-state index in [9.17, 15) is 27.6 Å². The minimum absolute atomic E-state index is 0.0344. The summed E-state index contributed by atoms with van der Waals surface area (Å²) in [5.41, 5.74) is -2.37. The van der Waals surface area contributed by atoms with Gasteiger partial charge >= 0.3 is 6.09 Å². The zero-order chi connectivity index (χ0) is 36.6. The van der Waals surface area contributed by atoms with E-state index in [1.807, 2.05) is 18.2 Å². The van der Waals surface area contributed by atoms with Crippen LogP contribution in [0, 0.1) is 5.92 Å². The van der Waals surface area contributed by atoms with Crippen molar-refractivity contribution in [3.05, 3.63) is 42.6 Å². The third-order valence-corrected chi connectivity index (χ3v) is 11.2. The quantitative estimate of drug-likeness (QED) is 0.355. The Bertz CT molecular complexity index is 1820. The molecule has 1 aromatic heterocycles. The number of fused-ring (bicyclic) bond motifs is 3. The molecular formula is C35H45N5O10S. The van der Waals surface area contributed by atoms with E-state index in [-0.39, 0.29) is 39.0 Å². The number of hydrogen-bond acceptors (Lipinski definition) is 11. The van der Waals surface area contributed by atoms with Crippen LogP contribution in [0.3, 0.4) is 0 Å². The third kappa shape index (κ3) is 8.38. The van der Waals surface area contributed by atoms with Gasteiger partial charge in [0, 0.05) is 30.5 Å². The molecule has 2 aliphatic heterocycles. The predicted octanol–water partition coefficient (Wildman–Crippen LogP) is 2.33. The van der Waals surface area contributed by atoms with Crippen molar-refractivity contribution in [3.8, 4) is 11.6 Å². The first-order chi connectivity index (χ1) is 24.2. The zero-order valence-electron chi connectivity index (χ0n) is 29.2. The van der Waals surface area contributed by atoms with Crippen LogP contribution in [0.4, 0.5) is 4.79 Å². The van der Waals surface area contributed by atoms with E-state index in [0.717, 1.165) is 5.39 Å². The molecule has 0 unspecified atom stereocenters. The molecule has 1 saturated heterocycles. The van der Waals surface area contributed by atoms with Gasteiger partial charge in [0.1, 0.15) is 35.1 Å². The molecule has 3 fully saturated rings. The molecule has 276 valence electrons. The lowest BCUT2D eigenvalue weighted by Gasteiger charge is -2.30. The minimum atomic E-state index is -3.91. The number of sulfonamides is 1. The van der Waals surface area contributed by atoms with Crippen molar-refractivity contribution >= 4 is 44.6 Å². The summed E-state index contributed by atoms with van der Waals surface area (Å²) in [6.45, 7) is 5.55. The fraction of sp³-hybridized carbons (Fsp3) is 0.571. The molecule has 5 atom stereocenters. The summed E-state index contributed by atoms with van der Waals surface area (Å²) in [7, 11) is -2.34. The van der Waals surface area contributed by atoms with Crippen LogP contribution in [-0.2, 0) is 33.9 Å². The van der Waals surface area contributed by atoms with E-state index in [1.54, 1.807) is 52.3 Å². The van der Waals surface area contributed by atoms with Gasteiger partial charge in [-0.25, -0.2) is 18.2 Å². The molecule has 51 heavy (non-hydrogen) atoms. The summed E-state index contributed by atoms with van der Waals surface area (Å²) in [5.74, 6) is -1.57. The molecule has 15 nitrogen and oxygen atoms in total. The highest BCUT2D eigenvalue weighted by molar-refractivity contribution is 7.91. The van der Waals surface area contributed by atoms with Gasteiger partial charge in [-0.15, -0.1) is 0 Å². The highest BCUT2D eigenvalue weighted by Crippen LogP contribution is 2.46. The van der Waals surface area contributed by atoms with E-state index in [4.69, 9.17) is 18.9 Å². The fourth-order valence-corrected chi connectivity index (χ4v) is 7.88. The van der Waals surface area contributed by atoms with Crippen molar-refractivity contribution in [1.29, 1.82) is 0 Å². The molecule has 3 heterocycles. The smallest absolute Gasteiger partial charge is 0.408 e. The minimum Gasteiger partial charge on any atom is -0.497 e. The van der Waals surface area contributed by atoms with Gasteiger partial charge in [-0.2, -0.15) is 0 Å². The Morgan fingerprint density at radius 2 is 1.92 bits per heavy atom. The average molecular weight is 728 g/mol. The van der Waals surface area contributed by atoms with Gasteiger partial charge in [0.25, 0.3) is 5.91 Å². The summed E-state index contributed by atoms with van der Waals surface area (Å²) < 4.78 is 50.6. The Hall–Kier alpha value is -4.44. The van der Waals surface area contributed by atoms with E-state index in [2.05, 4.69) is 20.3 Å². The highest BCUT2D eigenvalue weighted by Gasteiger charge is 2.62. The van der Waals surface area contributed by atoms with Gasteiger partial charge in [0.2, 0.25) is 27.7 Å². The van der Waals surface area contributed by atoms with Crippen LogP contribution in [0.15, 0.2) is 42.6 Å². The monoisotopic (exact) mass is 727 g/mol. The Morgan fingerprint density at radius 1 is 1.14 bits per heavy atom. The van der Waals surface area contributed by atoms with Crippen molar-refractivity contribution in [3.63, 3.8) is 0 Å². The number of rotatable bonds is 7. The molecule has 2 aromatic rings. The molecule has 2 saturated carbocycles. The maximum Gasteiger partial charge on any atom is 0.408 e. The largest absolute Gasteiger partial charge is 0.497 e. The lowest BCUT2D eigenvalue weighted by molar-refractivity contribution is -0.141. The molecule has 3 N–H and O–H groups in total. The van der Waals surface area contributed by atoms with E-state index in [0.29, 0.717) is 36.3 Å². The van der Waals surface area contributed by atoms with Crippen LogP contribution in [0.5, 0.6) is 11.6 Å². The maximum atomic E-state index is 14.3. The second-order valence-electron chi connectivity index (χ2n) is 14.5. The molecule has 0 radical (unpaired) electrons. The van der Waals surface area contributed by atoms with Gasteiger partial charge in [-0.3, -0.25) is 19.1 Å². The Labute approximate surface area is 296 Å². The Balaban J connectivity index is 1.30. The number of pyridine rings is 1. The second kappa shape index (κ2) is 14.3. The van der Waals surface area contributed by atoms with Crippen LogP contribution < -0.4 is 24.8 Å². The van der Waals surface area contributed by atoms with Crippen molar-refractivity contribution in [1.82, 2.24) is 25.2 Å². The number of aromatic nitrogens is 1. The topological polar surface area (TPSA) is 192 Å². The van der Waals surface area contributed by atoms with E-state index < -0.39 is 74.3 Å². The van der Waals surface area contributed by atoms with Crippen molar-refractivity contribution < 1.29 is 46.5 Å². The van der Waals surface area contributed by atoms with Crippen LogP contribution in [0.1, 0.15) is 59.3 Å². The average Bonchev–Trinajstić information content (AvgIpc) is 3.99. The number of ether oxygens (including phenoxy) is 4. The maximum absolute atomic E-state index is 14.3. The number of hydrogen-bond donors (Lipinski definition) is 3. The van der Waals surface area contributed by atoms with Gasteiger partial charge in [0.15, 0.2) is 0 Å². The third-order valence-electron chi connectivity index (χ3n) is 9.38. The predicted molar refractivity (Wildman–Crippen MR) is 184 cm³/mol.